The van der Waals surface area contributed by atoms with Gasteiger partial charge in [-0.05, 0) is 32.9 Å². The fraction of sp³-hybridized carbons (Fsp3) is 0.412. The monoisotopic (exact) mass is 283 g/mol. The summed E-state index contributed by atoms with van der Waals surface area (Å²) in [6.45, 7) is 5.76. The highest BCUT2D eigenvalue weighted by Crippen LogP contribution is 2.57. The summed E-state index contributed by atoms with van der Waals surface area (Å²) in [5.41, 5.74) is 0.427. The number of carbonyl (C=O) groups excluding carboxylic acids is 2. The van der Waals surface area contributed by atoms with Crippen LogP contribution in [-0.2, 0) is 14.3 Å². The summed E-state index contributed by atoms with van der Waals surface area (Å²) in [6.07, 6.45) is 3.86. The predicted molar refractivity (Wildman–Crippen MR) is 77.7 cm³/mol. The summed E-state index contributed by atoms with van der Waals surface area (Å²) in [5.74, 6) is -1.13. The van der Waals surface area contributed by atoms with E-state index in [1.807, 2.05) is 57.2 Å². The first-order chi connectivity index (χ1) is 9.86. The lowest BCUT2D eigenvalue weighted by Gasteiger charge is -2.25. The Morgan fingerprint density at radius 1 is 0.952 bits per heavy atom. The fourth-order valence-corrected chi connectivity index (χ4v) is 3.98. The van der Waals surface area contributed by atoms with Crippen molar-refractivity contribution >= 4 is 17.5 Å². The molecule has 21 heavy (non-hydrogen) atoms. The minimum absolute atomic E-state index is 0.149. The molecule has 0 radical (unpaired) electrons. The van der Waals surface area contributed by atoms with E-state index < -0.39 is 23.0 Å². The summed E-state index contributed by atoms with van der Waals surface area (Å²) in [6, 6.07) is 7.48. The highest BCUT2D eigenvalue weighted by Gasteiger charge is 2.70. The fourth-order valence-electron chi connectivity index (χ4n) is 3.98. The number of amides is 2. The van der Waals surface area contributed by atoms with Crippen molar-refractivity contribution in [3.05, 3.63) is 42.0 Å². The van der Waals surface area contributed by atoms with Gasteiger partial charge in [-0.2, -0.15) is 0 Å². The number of nitrogens with zero attached hydrogens (tertiary/aromatic N) is 1. The normalized spacial score (nSPS) is 40.2. The van der Waals surface area contributed by atoms with Crippen LogP contribution in [0.2, 0.25) is 0 Å². The average molecular weight is 283 g/mol. The Labute approximate surface area is 123 Å². The Balaban J connectivity index is 1.80. The SMILES string of the molecule is Cc1ccc(N2C(=O)C3C(C2=O)C2(C)C=CC3(C)O2)cc1. The van der Waals surface area contributed by atoms with Gasteiger partial charge in [0.1, 0.15) is 0 Å². The third-order valence-electron chi connectivity index (χ3n) is 5.02. The van der Waals surface area contributed by atoms with Crippen molar-refractivity contribution in [3.63, 3.8) is 0 Å². The molecule has 3 aliphatic rings. The number of ether oxygens (including phenoxy) is 1. The first-order valence-electron chi connectivity index (χ1n) is 7.21. The topological polar surface area (TPSA) is 46.6 Å². The zero-order chi connectivity index (χ0) is 15.0. The Morgan fingerprint density at radius 2 is 1.43 bits per heavy atom. The van der Waals surface area contributed by atoms with Gasteiger partial charge in [0.05, 0.1) is 28.7 Å². The quantitative estimate of drug-likeness (QED) is 0.586. The predicted octanol–water partition coefficient (Wildman–Crippen LogP) is 2.22. The van der Waals surface area contributed by atoms with Crippen LogP contribution in [0.15, 0.2) is 36.4 Å². The third kappa shape index (κ3) is 1.43. The van der Waals surface area contributed by atoms with Crippen molar-refractivity contribution in [1.82, 2.24) is 0 Å². The number of hydrogen-bond donors (Lipinski definition) is 0. The number of carbonyl (C=O) groups is 2. The maximum Gasteiger partial charge on any atom is 0.241 e. The molecule has 3 heterocycles. The molecule has 2 fully saturated rings. The molecule has 0 saturated carbocycles. The van der Waals surface area contributed by atoms with Gasteiger partial charge >= 0.3 is 0 Å². The highest BCUT2D eigenvalue weighted by molar-refractivity contribution is 6.23. The van der Waals surface area contributed by atoms with E-state index in [1.165, 1.54) is 4.90 Å². The summed E-state index contributed by atoms with van der Waals surface area (Å²) in [4.78, 5) is 27.0. The van der Waals surface area contributed by atoms with Gasteiger partial charge in [-0.3, -0.25) is 9.59 Å². The van der Waals surface area contributed by atoms with E-state index in [2.05, 4.69) is 0 Å². The van der Waals surface area contributed by atoms with Crippen LogP contribution in [0.1, 0.15) is 19.4 Å². The average Bonchev–Trinajstić information content (AvgIpc) is 2.97. The molecule has 4 atom stereocenters. The molecule has 2 amide bonds. The van der Waals surface area contributed by atoms with Gasteiger partial charge in [0.2, 0.25) is 11.8 Å². The number of anilines is 1. The van der Waals surface area contributed by atoms with Crippen LogP contribution in [-0.4, -0.2) is 23.0 Å². The molecular formula is C17H17NO3. The van der Waals surface area contributed by atoms with Crippen molar-refractivity contribution < 1.29 is 14.3 Å². The second-order valence-electron chi connectivity index (χ2n) is 6.61. The Morgan fingerprint density at radius 3 is 1.90 bits per heavy atom. The lowest BCUT2D eigenvalue weighted by atomic mass is 9.73. The van der Waals surface area contributed by atoms with Crippen LogP contribution in [0.4, 0.5) is 5.69 Å². The minimum Gasteiger partial charge on any atom is -0.359 e. The molecule has 108 valence electrons. The molecule has 1 aromatic carbocycles. The van der Waals surface area contributed by atoms with Crippen molar-refractivity contribution in [2.24, 2.45) is 11.8 Å². The van der Waals surface area contributed by atoms with Crippen molar-refractivity contribution in [2.75, 3.05) is 4.90 Å². The van der Waals surface area contributed by atoms with Gasteiger partial charge in [-0.15, -0.1) is 0 Å². The minimum atomic E-state index is -0.661. The van der Waals surface area contributed by atoms with Crippen LogP contribution in [0.25, 0.3) is 0 Å². The Bertz CT molecular complexity index is 656. The molecular weight excluding hydrogens is 266 g/mol. The van der Waals surface area contributed by atoms with Crippen LogP contribution in [0, 0.1) is 18.8 Å². The maximum atomic E-state index is 12.8. The number of hydrogen-bond acceptors (Lipinski definition) is 3. The highest BCUT2D eigenvalue weighted by atomic mass is 16.5. The summed E-state index contributed by atoms with van der Waals surface area (Å²) >= 11 is 0. The first kappa shape index (κ1) is 12.8. The van der Waals surface area contributed by atoms with Crippen molar-refractivity contribution in [1.29, 1.82) is 0 Å². The van der Waals surface area contributed by atoms with Crippen LogP contribution >= 0.6 is 0 Å². The van der Waals surface area contributed by atoms with Crippen LogP contribution in [0.5, 0.6) is 0 Å². The van der Waals surface area contributed by atoms with Gasteiger partial charge < -0.3 is 4.74 Å². The molecule has 3 aliphatic heterocycles. The second kappa shape index (κ2) is 3.63. The molecule has 0 spiro atoms. The zero-order valence-electron chi connectivity index (χ0n) is 12.3. The van der Waals surface area contributed by atoms with Crippen molar-refractivity contribution in [2.45, 2.75) is 32.0 Å². The lowest BCUT2D eigenvalue weighted by Crippen LogP contribution is -2.39. The number of fused-ring (bicyclic) bond motifs is 5. The third-order valence-corrected chi connectivity index (χ3v) is 5.02. The van der Waals surface area contributed by atoms with E-state index in [0.717, 1.165) is 5.56 Å². The maximum absolute atomic E-state index is 12.8. The second-order valence-corrected chi connectivity index (χ2v) is 6.61. The Hall–Kier alpha value is -1.94. The van der Waals surface area contributed by atoms with Gasteiger partial charge in [-0.1, -0.05) is 29.8 Å². The number of rotatable bonds is 1. The van der Waals surface area contributed by atoms with E-state index in [1.54, 1.807) is 0 Å². The molecule has 2 bridgehead atoms. The molecule has 0 aliphatic carbocycles. The number of imide groups is 1. The molecule has 4 unspecified atom stereocenters. The van der Waals surface area contributed by atoms with Crippen molar-refractivity contribution in [3.8, 4) is 0 Å². The molecule has 0 aromatic heterocycles. The summed E-state index contributed by atoms with van der Waals surface area (Å²) in [5, 5.41) is 0. The van der Waals surface area contributed by atoms with Gasteiger partial charge in [-0.25, -0.2) is 4.90 Å². The smallest absolute Gasteiger partial charge is 0.241 e. The van der Waals surface area contributed by atoms with Crippen LogP contribution in [0.3, 0.4) is 0 Å². The molecule has 4 nitrogen and oxygen atoms in total. The molecule has 1 aromatic rings. The number of benzene rings is 1. The molecule has 2 saturated heterocycles. The van der Waals surface area contributed by atoms with E-state index in [-0.39, 0.29) is 11.8 Å². The standard InChI is InChI=1S/C17H17NO3/c1-10-4-6-11(7-5-10)18-14(19)12-13(15(18)20)17(3)9-8-16(12,2)21-17/h4-9,12-13H,1-3H3. The first-order valence-corrected chi connectivity index (χ1v) is 7.21. The molecule has 4 rings (SSSR count). The van der Waals surface area contributed by atoms with Gasteiger partial charge in [0.25, 0.3) is 0 Å². The van der Waals surface area contributed by atoms with Crippen LogP contribution < -0.4 is 4.90 Å². The van der Waals surface area contributed by atoms with E-state index in [9.17, 15) is 9.59 Å². The van der Waals surface area contributed by atoms with E-state index >= 15 is 0 Å². The largest absolute Gasteiger partial charge is 0.359 e. The van der Waals surface area contributed by atoms with E-state index in [0.29, 0.717) is 5.69 Å². The zero-order valence-corrected chi connectivity index (χ0v) is 12.3. The summed E-state index contributed by atoms with van der Waals surface area (Å²) < 4.78 is 5.98. The Kier molecular flexibility index (Phi) is 2.21. The van der Waals surface area contributed by atoms with E-state index in [4.69, 9.17) is 4.74 Å². The lowest BCUT2D eigenvalue weighted by molar-refractivity contribution is -0.128. The molecule has 4 heteroatoms. The van der Waals surface area contributed by atoms with Gasteiger partial charge in [0, 0.05) is 0 Å². The molecule has 0 N–H and O–H groups in total. The van der Waals surface area contributed by atoms with Gasteiger partial charge in [0.15, 0.2) is 0 Å². The number of aryl methyl sites for hydroxylation is 1. The summed E-state index contributed by atoms with van der Waals surface area (Å²) in [7, 11) is 0.